The lowest BCUT2D eigenvalue weighted by Gasteiger charge is -2.36. The summed E-state index contributed by atoms with van der Waals surface area (Å²) in [5.74, 6) is 0.928. The number of hydrogen-bond donors (Lipinski definition) is 1. The Morgan fingerprint density at radius 3 is 2.93 bits per heavy atom. The zero-order chi connectivity index (χ0) is 10.5. The molecule has 0 saturated carbocycles. The molecule has 2 saturated heterocycles. The van der Waals surface area contributed by atoms with E-state index in [0.29, 0.717) is 0 Å². The molecule has 2 nitrogen and oxygen atoms in total. The van der Waals surface area contributed by atoms with Gasteiger partial charge in [0.15, 0.2) is 0 Å². The number of likely N-dealkylation sites (tertiary alicyclic amines) is 1. The first-order valence-corrected chi connectivity index (χ1v) is 6.86. The maximum absolute atomic E-state index is 3.77. The maximum Gasteiger partial charge on any atom is 0.0107 e. The standard InChI is InChI=1S/C13H26N2/c1-2-15-10-6-7-12(11-15)13-8-4-3-5-9-14-13/h12-14H,2-11H2,1H3/t12-,13-/m1/s1. The second-order valence-corrected chi connectivity index (χ2v) is 5.21. The summed E-state index contributed by atoms with van der Waals surface area (Å²) < 4.78 is 0. The van der Waals surface area contributed by atoms with Gasteiger partial charge in [-0.1, -0.05) is 19.8 Å². The van der Waals surface area contributed by atoms with Gasteiger partial charge < -0.3 is 10.2 Å². The van der Waals surface area contributed by atoms with Crippen LogP contribution >= 0.6 is 0 Å². The molecule has 88 valence electrons. The molecule has 2 rings (SSSR count). The van der Waals surface area contributed by atoms with Gasteiger partial charge in [-0.15, -0.1) is 0 Å². The van der Waals surface area contributed by atoms with Crippen LogP contribution in [0.1, 0.15) is 45.4 Å². The molecular formula is C13H26N2. The van der Waals surface area contributed by atoms with Gasteiger partial charge in [-0.3, -0.25) is 0 Å². The lowest BCUT2D eigenvalue weighted by molar-refractivity contribution is 0.150. The fourth-order valence-corrected chi connectivity index (χ4v) is 3.16. The molecule has 2 heterocycles. The van der Waals surface area contributed by atoms with Crippen molar-refractivity contribution in [2.75, 3.05) is 26.2 Å². The second-order valence-electron chi connectivity index (χ2n) is 5.21. The van der Waals surface area contributed by atoms with Crippen molar-refractivity contribution >= 4 is 0 Å². The van der Waals surface area contributed by atoms with Crippen LogP contribution in [0.25, 0.3) is 0 Å². The van der Waals surface area contributed by atoms with Crippen LogP contribution in [0.15, 0.2) is 0 Å². The first-order valence-electron chi connectivity index (χ1n) is 6.86. The monoisotopic (exact) mass is 210 g/mol. The highest BCUT2D eigenvalue weighted by Gasteiger charge is 2.26. The summed E-state index contributed by atoms with van der Waals surface area (Å²) in [6.07, 6.45) is 8.56. The Kier molecular flexibility index (Phi) is 4.45. The Morgan fingerprint density at radius 1 is 1.13 bits per heavy atom. The highest BCUT2D eigenvalue weighted by molar-refractivity contribution is 4.83. The molecule has 0 amide bonds. The predicted octanol–water partition coefficient (Wildman–Crippen LogP) is 2.25. The number of hydrogen-bond acceptors (Lipinski definition) is 2. The molecule has 0 spiro atoms. The van der Waals surface area contributed by atoms with Gasteiger partial charge >= 0.3 is 0 Å². The van der Waals surface area contributed by atoms with Gasteiger partial charge in [0.2, 0.25) is 0 Å². The first kappa shape index (κ1) is 11.4. The van der Waals surface area contributed by atoms with Crippen molar-refractivity contribution in [3.05, 3.63) is 0 Å². The molecule has 1 N–H and O–H groups in total. The number of rotatable bonds is 2. The normalized spacial score (nSPS) is 35.0. The topological polar surface area (TPSA) is 15.3 Å². The number of piperidine rings is 1. The molecular weight excluding hydrogens is 184 g/mol. The van der Waals surface area contributed by atoms with E-state index in [4.69, 9.17) is 0 Å². The summed E-state index contributed by atoms with van der Waals surface area (Å²) in [5.41, 5.74) is 0. The van der Waals surface area contributed by atoms with Crippen LogP contribution in [0.4, 0.5) is 0 Å². The SMILES string of the molecule is CCN1CCC[C@@H]([C@H]2CCCCCN2)C1. The van der Waals surface area contributed by atoms with Crippen LogP contribution < -0.4 is 5.32 Å². The van der Waals surface area contributed by atoms with Crippen molar-refractivity contribution in [2.24, 2.45) is 5.92 Å². The Morgan fingerprint density at radius 2 is 2.07 bits per heavy atom. The summed E-state index contributed by atoms with van der Waals surface area (Å²) in [5, 5.41) is 3.77. The zero-order valence-electron chi connectivity index (χ0n) is 10.2. The van der Waals surface area contributed by atoms with Gasteiger partial charge in [0.25, 0.3) is 0 Å². The van der Waals surface area contributed by atoms with E-state index in [9.17, 15) is 0 Å². The van der Waals surface area contributed by atoms with E-state index in [2.05, 4.69) is 17.1 Å². The van der Waals surface area contributed by atoms with E-state index in [1.54, 1.807) is 0 Å². The highest BCUT2D eigenvalue weighted by Crippen LogP contribution is 2.24. The molecule has 0 aromatic rings. The average molecular weight is 210 g/mol. The molecule has 2 aliphatic heterocycles. The first-order chi connectivity index (χ1) is 7.40. The van der Waals surface area contributed by atoms with Crippen LogP contribution in [-0.2, 0) is 0 Å². The maximum atomic E-state index is 3.77. The Hall–Kier alpha value is -0.0800. The largest absolute Gasteiger partial charge is 0.314 e. The van der Waals surface area contributed by atoms with Crippen LogP contribution in [0.2, 0.25) is 0 Å². The minimum Gasteiger partial charge on any atom is -0.314 e. The lowest BCUT2D eigenvalue weighted by atomic mass is 9.88. The van der Waals surface area contributed by atoms with Crippen molar-refractivity contribution in [1.29, 1.82) is 0 Å². The Balaban J connectivity index is 1.84. The van der Waals surface area contributed by atoms with E-state index in [0.717, 1.165) is 12.0 Å². The molecule has 2 fully saturated rings. The summed E-state index contributed by atoms with van der Waals surface area (Å²) in [4.78, 5) is 2.63. The molecule has 2 aliphatic rings. The van der Waals surface area contributed by atoms with Gasteiger partial charge in [0.05, 0.1) is 0 Å². The molecule has 2 atom stereocenters. The average Bonchev–Trinajstić information content (AvgIpc) is 2.58. The molecule has 0 aromatic heterocycles. The third kappa shape index (κ3) is 3.18. The van der Waals surface area contributed by atoms with Gasteiger partial charge in [0.1, 0.15) is 0 Å². The summed E-state index contributed by atoms with van der Waals surface area (Å²) in [7, 11) is 0. The molecule has 15 heavy (non-hydrogen) atoms. The van der Waals surface area contributed by atoms with E-state index in [1.165, 1.54) is 64.7 Å². The summed E-state index contributed by atoms with van der Waals surface area (Å²) >= 11 is 0. The molecule has 0 bridgehead atoms. The van der Waals surface area contributed by atoms with Gasteiger partial charge in [-0.2, -0.15) is 0 Å². The highest BCUT2D eigenvalue weighted by atomic mass is 15.1. The molecule has 0 aromatic carbocycles. The third-order valence-corrected chi connectivity index (χ3v) is 4.16. The van der Waals surface area contributed by atoms with Crippen molar-refractivity contribution in [2.45, 2.75) is 51.5 Å². The van der Waals surface area contributed by atoms with Crippen molar-refractivity contribution in [3.8, 4) is 0 Å². The summed E-state index contributed by atoms with van der Waals surface area (Å²) in [6.45, 7) is 7.47. The van der Waals surface area contributed by atoms with Crippen molar-refractivity contribution in [1.82, 2.24) is 10.2 Å². The van der Waals surface area contributed by atoms with Crippen LogP contribution in [0.5, 0.6) is 0 Å². The van der Waals surface area contributed by atoms with E-state index >= 15 is 0 Å². The molecule has 2 heteroatoms. The second kappa shape index (κ2) is 5.86. The molecule has 0 unspecified atom stereocenters. The minimum absolute atomic E-state index is 0.821. The van der Waals surface area contributed by atoms with Crippen molar-refractivity contribution in [3.63, 3.8) is 0 Å². The zero-order valence-corrected chi connectivity index (χ0v) is 10.2. The molecule has 0 radical (unpaired) electrons. The summed E-state index contributed by atoms with van der Waals surface area (Å²) in [6, 6.07) is 0.821. The predicted molar refractivity (Wildman–Crippen MR) is 65.1 cm³/mol. The van der Waals surface area contributed by atoms with Crippen LogP contribution in [0, 0.1) is 5.92 Å². The number of nitrogens with zero attached hydrogens (tertiary/aromatic N) is 1. The van der Waals surface area contributed by atoms with E-state index in [1.807, 2.05) is 0 Å². The Bertz CT molecular complexity index is 173. The fourth-order valence-electron chi connectivity index (χ4n) is 3.16. The molecule has 0 aliphatic carbocycles. The number of nitrogens with one attached hydrogen (secondary N) is 1. The minimum atomic E-state index is 0.821. The van der Waals surface area contributed by atoms with E-state index in [-0.39, 0.29) is 0 Å². The van der Waals surface area contributed by atoms with Crippen LogP contribution in [0.3, 0.4) is 0 Å². The Labute approximate surface area is 94.4 Å². The van der Waals surface area contributed by atoms with E-state index < -0.39 is 0 Å². The van der Waals surface area contributed by atoms with Gasteiger partial charge in [-0.25, -0.2) is 0 Å². The van der Waals surface area contributed by atoms with Gasteiger partial charge in [-0.05, 0) is 51.2 Å². The smallest absolute Gasteiger partial charge is 0.0107 e. The quantitative estimate of drug-likeness (QED) is 0.752. The lowest BCUT2D eigenvalue weighted by Crippen LogP contribution is -2.45. The van der Waals surface area contributed by atoms with Crippen molar-refractivity contribution < 1.29 is 0 Å². The third-order valence-electron chi connectivity index (χ3n) is 4.16. The van der Waals surface area contributed by atoms with Gasteiger partial charge in [0, 0.05) is 12.6 Å². The fraction of sp³-hybridized carbons (Fsp3) is 1.00. The van der Waals surface area contributed by atoms with Crippen LogP contribution in [-0.4, -0.2) is 37.1 Å².